The van der Waals surface area contributed by atoms with E-state index >= 15 is 0 Å². The Hall–Kier alpha value is -2.29. The highest BCUT2D eigenvalue weighted by atomic mass is 32.2. The van der Waals surface area contributed by atoms with Crippen molar-refractivity contribution in [2.75, 3.05) is 5.32 Å². The second kappa shape index (κ2) is 7.19. The summed E-state index contributed by atoms with van der Waals surface area (Å²) >= 11 is 0. The summed E-state index contributed by atoms with van der Waals surface area (Å²) in [7, 11) is -3.45. The summed E-state index contributed by atoms with van der Waals surface area (Å²) in [5.41, 5.74) is 5.33. The number of carbonyl (C=O) groups is 1. The monoisotopic (exact) mass is 414 g/mol. The maximum Gasteiger partial charge on any atom is 0.354 e. The quantitative estimate of drug-likeness (QED) is 0.714. The molecule has 0 radical (unpaired) electrons. The van der Waals surface area contributed by atoms with E-state index in [-0.39, 0.29) is 4.90 Å². The number of fused-ring (bicyclic) bond motifs is 3. The number of urea groups is 1. The first-order chi connectivity index (χ1) is 13.6. The third-order valence-corrected chi connectivity index (χ3v) is 7.00. The number of rotatable bonds is 3. The number of aliphatic hydroxyl groups is 1. The number of aryl methyl sites for hydroxylation is 1. The minimum Gasteiger partial charge on any atom is -0.384 e. The minimum atomic E-state index is -3.45. The molecule has 8 heteroatoms. The number of aromatic nitrogens is 1. The average Bonchev–Trinajstić information content (AvgIpc) is 3.29. The molecule has 2 aliphatic rings. The molecule has 7 nitrogen and oxygen atoms in total. The van der Waals surface area contributed by atoms with Crippen LogP contribution < -0.4 is 10.5 Å². The Balaban J connectivity index is 1.60. The minimum absolute atomic E-state index is 0.139. The first-order valence-corrected chi connectivity index (χ1v) is 11.4. The molecule has 1 atom stereocenters. The molecule has 0 saturated carbocycles. The van der Waals surface area contributed by atoms with E-state index in [0.29, 0.717) is 5.69 Å². The van der Waals surface area contributed by atoms with E-state index in [0.717, 1.165) is 44.2 Å². The second-order valence-electron chi connectivity index (χ2n) is 8.25. The van der Waals surface area contributed by atoms with E-state index in [2.05, 4.69) is 14.7 Å². The molecule has 4 N–H and O–H groups in total. The smallest absolute Gasteiger partial charge is 0.354 e. The molecule has 0 saturated heterocycles. The van der Waals surface area contributed by atoms with Crippen LogP contribution in [0.25, 0.3) is 0 Å². The van der Waals surface area contributed by atoms with Gasteiger partial charge in [0.25, 0.3) is 0 Å². The predicted octanol–water partition coefficient (Wildman–Crippen LogP) is 3.22. The van der Waals surface area contributed by atoms with E-state index in [1.165, 1.54) is 40.6 Å². The standard InChI is InChI=1S/C21H26N4O3S/c1-21(2,27)19-10-9-14(12-23-19)29(22,28)25-20(26)24-18-11-13-5-3-6-15(13)16-7-4-8-17(16)18/h9-12,27H,3-8H2,1-2H3,(H3,22,24,25,26,28)/t29-/m0/s1. The molecule has 2 amide bonds. The van der Waals surface area contributed by atoms with Crippen molar-refractivity contribution in [3.63, 3.8) is 0 Å². The van der Waals surface area contributed by atoms with Crippen molar-refractivity contribution in [3.05, 3.63) is 52.3 Å². The number of pyridine rings is 1. The van der Waals surface area contributed by atoms with Gasteiger partial charge in [-0.2, -0.15) is 0 Å². The Bertz CT molecular complexity index is 1090. The summed E-state index contributed by atoms with van der Waals surface area (Å²) in [5, 5.41) is 18.6. The van der Waals surface area contributed by atoms with Gasteiger partial charge in [-0.3, -0.25) is 4.98 Å². The van der Waals surface area contributed by atoms with Crippen molar-refractivity contribution >= 4 is 21.6 Å². The summed E-state index contributed by atoms with van der Waals surface area (Å²) in [6.07, 6.45) is 7.63. The Kier molecular flexibility index (Phi) is 4.96. The van der Waals surface area contributed by atoms with Crippen molar-refractivity contribution in [1.29, 1.82) is 0 Å². The third kappa shape index (κ3) is 3.92. The zero-order valence-electron chi connectivity index (χ0n) is 16.7. The Morgan fingerprint density at radius 1 is 1.17 bits per heavy atom. The summed E-state index contributed by atoms with van der Waals surface area (Å²) in [5.74, 6) is 0. The lowest BCUT2D eigenvalue weighted by Crippen LogP contribution is -2.20. The first-order valence-electron chi connectivity index (χ1n) is 9.86. The summed E-state index contributed by atoms with van der Waals surface area (Å²) < 4.78 is 16.6. The predicted molar refractivity (Wildman–Crippen MR) is 112 cm³/mol. The van der Waals surface area contributed by atoms with Crippen LogP contribution in [-0.2, 0) is 41.2 Å². The van der Waals surface area contributed by atoms with Gasteiger partial charge in [0.2, 0.25) is 0 Å². The third-order valence-electron chi connectivity index (χ3n) is 5.65. The molecule has 1 aromatic carbocycles. The Morgan fingerprint density at radius 3 is 2.55 bits per heavy atom. The van der Waals surface area contributed by atoms with Crippen LogP contribution in [0.5, 0.6) is 0 Å². The fraction of sp³-hybridized carbons (Fsp3) is 0.429. The highest BCUT2D eigenvalue weighted by Gasteiger charge is 2.25. The summed E-state index contributed by atoms with van der Waals surface area (Å²) in [4.78, 5) is 16.8. The topological polar surface area (TPSA) is 118 Å². The van der Waals surface area contributed by atoms with E-state index in [4.69, 9.17) is 5.14 Å². The number of hydrogen-bond donors (Lipinski definition) is 3. The lowest BCUT2D eigenvalue weighted by molar-refractivity contribution is 0.0737. The number of amides is 2. The van der Waals surface area contributed by atoms with Crippen molar-refractivity contribution in [3.8, 4) is 0 Å². The van der Waals surface area contributed by atoms with Gasteiger partial charge in [-0.15, -0.1) is 4.36 Å². The molecule has 4 rings (SSSR count). The molecule has 0 aliphatic heterocycles. The normalized spacial score (nSPS) is 17.4. The molecular formula is C21H26N4O3S. The second-order valence-corrected chi connectivity index (χ2v) is 10.0. The van der Waals surface area contributed by atoms with Gasteiger partial charge in [0.15, 0.2) is 0 Å². The zero-order chi connectivity index (χ0) is 20.8. The number of nitrogens with one attached hydrogen (secondary N) is 1. The van der Waals surface area contributed by atoms with Gasteiger partial charge >= 0.3 is 6.03 Å². The number of carbonyl (C=O) groups excluding carboxylic acids is 1. The maximum absolute atomic E-state index is 12.8. The van der Waals surface area contributed by atoms with Crippen LogP contribution in [0.2, 0.25) is 0 Å². The number of anilines is 1. The van der Waals surface area contributed by atoms with Crippen LogP contribution in [0.1, 0.15) is 54.6 Å². The van der Waals surface area contributed by atoms with Crippen LogP contribution in [0.15, 0.2) is 33.7 Å². The largest absolute Gasteiger partial charge is 0.384 e. The van der Waals surface area contributed by atoms with Gasteiger partial charge in [0.1, 0.15) is 15.5 Å². The summed E-state index contributed by atoms with van der Waals surface area (Å²) in [6.45, 7) is 3.20. The Labute approximate surface area is 171 Å². The van der Waals surface area contributed by atoms with Crippen LogP contribution >= 0.6 is 0 Å². The van der Waals surface area contributed by atoms with Gasteiger partial charge in [0, 0.05) is 11.9 Å². The van der Waals surface area contributed by atoms with Crippen molar-refractivity contribution in [1.82, 2.24) is 4.98 Å². The van der Waals surface area contributed by atoms with Crippen LogP contribution in [0.3, 0.4) is 0 Å². The van der Waals surface area contributed by atoms with E-state index in [9.17, 15) is 14.1 Å². The lowest BCUT2D eigenvalue weighted by Gasteiger charge is -2.16. The molecule has 154 valence electrons. The van der Waals surface area contributed by atoms with E-state index in [1.54, 1.807) is 13.8 Å². The van der Waals surface area contributed by atoms with Crippen LogP contribution in [0.4, 0.5) is 10.5 Å². The van der Waals surface area contributed by atoms with Crippen molar-refractivity contribution < 1.29 is 14.1 Å². The SMILES string of the molecule is CC(C)(O)c1ccc([S@@](N)(=O)=NC(=O)Nc2cc3c(c4c2CCC4)CCC3)cn1. The average molecular weight is 415 g/mol. The Morgan fingerprint density at radius 2 is 1.86 bits per heavy atom. The highest BCUT2D eigenvalue weighted by Crippen LogP contribution is 2.38. The number of nitrogens with two attached hydrogens (primary N) is 1. The zero-order valence-corrected chi connectivity index (χ0v) is 17.5. The molecule has 0 spiro atoms. The van der Waals surface area contributed by atoms with E-state index in [1.807, 2.05) is 6.07 Å². The number of benzene rings is 1. The molecule has 2 aliphatic carbocycles. The molecule has 2 aromatic rings. The van der Waals surface area contributed by atoms with Crippen LogP contribution in [-0.4, -0.2) is 20.3 Å². The van der Waals surface area contributed by atoms with Gasteiger partial charge < -0.3 is 10.4 Å². The van der Waals surface area contributed by atoms with Gasteiger partial charge in [-0.25, -0.2) is 14.1 Å². The van der Waals surface area contributed by atoms with Gasteiger partial charge in [0.05, 0.1) is 10.6 Å². The van der Waals surface area contributed by atoms with Gasteiger partial charge in [-0.05, 0) is 92.8 Å². The van der Waals surface area contributed by atoms with E-state index < -0.39 is 21.5 Å². The maximum atomic E-state index is 12.8. The fourth-order valence-corrected chi connectivity index (χ4v) is 5.11. The first kappa shape index (κ1) is 20.0. The van der Waals surface area contributed by atoms with Crippen molar-refractivity contribution in [2.24, 2.45) is 9.50 Å². The van der Waals surface area contributed by atoms with Crippen molar-refractivity contribution in [2.45, 2.75) is 62.9 Å². The summed E-state index contributed by atoms with van der Waals surface area (Å²) in [6, 6.07) is 4.32. The fourth-order valence-electron chi connectivity index (χ4n) is 4.25. The number of hydrogen-bond acceptors (Lipinski definition) is 4. The molecule has 0 unspecified atom stereocenters. The van der Waals surface area contributed by atoms with Gasteiger partial charge in [-0.1, -0.05) is 0 Å². The van der Waals surface area contributed by atoms with Crippen LogP contribution in [0, 0.1) is 0 Å². The highest BCUT2D eigenvalue weighted by molar-refractivity contribution is 7.91. The molecule has 0 bridgehead atoms. The molecule has 1 aromatic heterocycles. The number of nitrogens with zero attached hydrogens (tertiary/aromatic N) is 2. The molecule has 1 heterocycles. The molecular weight excluding hydrogens is 388 g/mol. The molecule has 0 fully saturated rings. The lowest BCUT2D eigenvalue weighted by atomic mass is 9.98. The molecule has 29 heavy (non-hydrogen) atoms.